The largest absolute Gasteiger partial charge is 0.444 e. The van der Waals surface area contributed by atoms with Crippen LogP contribution in [0.3, 0.4) is 0 Å². The highest BCUT2D eigenvalue weighted by molar-refractivity contribution is 7.14. The SMILES string of the molecule is COCC[C@H](NC(=O)OC(C)(C)C)C(=O)Nc1nc(-c2cccc(N3C[C@@H](C)O[C@@H](C)C3)n2)cs1. The number of rotatable bonds is 8. The van der Waals surface area contributed by atoms with E-state index >= 15 is 0 Å². The molecule has 0 unspecified atom stereocenters. The summed E-state index contributed by atoms with van der Waals surface area (Å²) in [6.45, 7) is 11.2. The van der Waals surface area contributed by atoms with Crippen molar-refractivity contribution in [3.63, 3.8) is 0 Å². The average molecular weight is 506 g/mol. The van der Waals surface area contributed by atoms with E-state index in [1.807, 2.05) is 23.6 Å². The third-order valence-corrected chi connectivity index (χ3v) is 5.85. The number of nitrogens with zero attached hydrogens (tertiary/aromatic N) is 3. The lowest BCUT2D eigenvalue weighted by Gasteiger charge is -2.36. The lowest BCUT2D eigenvalue weighted by molar-refractivity contribution is -0.118. The van der Waals surface area contributed by atoms with Crippen molar-refractivity contribution >= 4 is 34.3 Å². The average Bonchev–Trinajstić information content (AvgIpc) is 3.23. The van der Waals surface area contributed by atoms with Gasteiger partial charge in [0.25, 0.3) is 0 Å². The zero-order valence-electron chi connectivity index (χ0n) is 21.2. The van der Waals surface area contributed by atoms with E-state index in [0.29, 0.717) is 29.5 Å². The van der Waals surface area contributed by atoms with Crippen LogP contribution >= 0.6 is 11.3 Å². The number of methoxy groups -OCH3 is 1. The highest BCUT2D eigenvalue weighted by atomic mass is 32.1. The summed E-state index contributed by atoms with van der Waals surface area (Å²) in [4.78, 5) is 36.6. The molecule has 0 aromatic carbocycles. The Hall–Kier alpha value is -2.76. The molecule has 2 amide bonds. The van der Waals surface area contributed by atoms with Crippen LogP contribution in [0.4, 0.5) is 15.7 Å². The molecule has 3 atom stereocenters. The number of aromatic nitrogens is 2. The van der Waals surface area contributed by atoms with E-state index in [0.717, 1.165) is 18.9 Å². The molecule has 1 aliphatic heterocycles. The number of pyridine rings is 1. The molecule has 0 saturated carbocycles. The normalized spacial score (nSPS) is 19.2. The Morgan fingerprint density at radius 2 is 1.91 bits per heavy atom. The van der Waals surface area contributed by atoms with Crippen LogP contribution in [0.25, 0.3) is 11.4 Å². The monoisotopic (exact) mass is 505 g/mol. The molecule has 2 aromatic rings. The maximum Gasteiger partial charge on any atom is 0.408 e. The molecular formula is C24H35N5O5S. The van der Waals surface area contributed by atoms with Crippen LogP contribution in [0.1, 0.15) is 41.0 Å². The molecule has 35 heavy (non-hydrogen) atoms. The third kappa shape index (κ3) is 8.15. The van der Waals surface area contributed by atoms with E-state index in [1.165, 1.54) is 18.4 Å². The number of carbonyl (C=O) groups is 2. The minimum absolute atomic E-state index is 0.130. The van der Waals surface area contributed by atoms with Gasteiger partial charge in [-0.3, -0.25) is 4.79 Å². The Morgan fingerprint density at radius 1 is 1.20 bits per heavy atom. The molecule has 2 N–H and O–H groups in total. The zero-order chi connectivity index (χ0) is 25.6. The van der Waals surface area contributed by atoms with Gasteiger partial charge in [-0.25, -0.2) is 14.8 Å². The number of carbonyl (C=O) groups excluding carboxylic acids is 2. The quantitative estimate of drug-likeness (QED) is 0.558. The zero-order valence-corrected chi connectivity index (χ0v) is 22.0. The van der Waals surface area contributed by atoms with Gasteiger partial charge < -0.3 is 29.7 Å². The van der Waals surface area contributed by atoms with Gasteiger partial charge in [0.05, 0.1) is 17.9 Å². The number of nitrogens with one attached hydrogen (secondary N) is 2. The predicted octanol–water partition coefficient (Wildman–Crippen LogP) is 3.69. The molecule has 0 radical (unpaired) electrons. The van der Waals surface area contributed by atoms with E-state index in [2.05, 4.69) is 34.4 Å². The smallest absolute Gasteiger partial charge is 0.408 e. The van der Waals surface area contributed by atoms with Gasteiger partial charge in [-0.1, -0.05) is 6.07 Å². The second-order valence-corrected chi connectivity index (χ2v) is 10.4. The van der Waals surface area contributed by atoms with E-state index in [4.69, 9.17) is 19.2 Å². The van der Waals surface area contributed by atoms with E-state index in [-0.39, 0.29) is 12.2 Å². The Labute approximate surface area is 210 Å². The molecule has 10 nitrogen and oxygen atoms in total. The van der Waals surface area contributed by atoms with Crippen LogP contribution < -0.4 is 15.5 Å². The summed E-state index contributed by atoms with van der Waals surface area (Å²) in [7, 11) is 1.54. The van der Waals surface area contributed by atoms with Crippen molar-refractivity contribution in [1.29, 1.82) is 0 Å². The van der Waals surface area contributed by atoms with Crippen LogP contribution in [0.15, 0.2) is 23.6 Å². The molecule has 3 rings (SSSR count). The van der Waals surface area contributed by atoms with Crippen LogP contribution in [0.5, 0.6) is 0 Å². The maximum absolute atomic E-state index is 12.9. The van der Waals surface area contributed by atoms with E-state index in [9.17, 15) is 9.59 Å². The van der Waals surface area contributed by atoms with Crippen LogP contribution in [0, 0.1) is 0 Å². The van der Waals surface area contributed by atoms with Crippen molar-refractivity contribution in [2.75, 3.05) is 37.0 Å². The molecule has 1 fully saturated rings. The van der Waals surface area contributed by atoms with Gasteiger partial charge in [-0.05, 0) is 46.8 Å². The molecule has 0 bridgehead atoms. The summed E-state index contributed by atoms with van der Waals surface area (Å²) < 4.78 is 16.2. The van der Waals surface area contributed by atoms with Gasteiger partial charge >= 0.3 is 6.09 Å². The summed E-state index contributed by atoms with van der Waals surface area (Å²) in [6, 6.07) is 4.99. The fraction of sp³-hybridized carbons (Fsp3) is 0.583. The summed E-state index contributed by atoms with van der Waals surface area (Å²) in [5, 5.41) is 7.66. The molecule has 1 aliphatic rings. The number of thiazole rings is 1. The lowest BCUT2D eigenvalue weighted by atomic mass is 10.2. The van der Waals surface area contributed by atoms with Gasteiger partial charge in [0, 0.05) is 38.6 Å². The number of hydrogen-bond acceptors (Lipinski definition) is 9. The molecule has 11 heteroatoms. The van der Waals surface area contributed by atoms with Crippen molar-refractivity contribution in [1.82, 2.24) is 15.3 Å². The predicted molar refractivity (Wildman–Crippen MR) is 136 cm³/mol. The minimum Gasteiger partial charge on any atom is -0.444 e. The highest BCUT2D eigenvalue weighted by Gasteiger charge is 2.26. The molecule has 3 heterocycles. The van der Waals surface area contributed by atoms with E-state index < -0.39 is 23.6 Å². The molecular weight excluding hydrogens is 470 g/mol. The van der Waals surface area contributed by atoms with Gasteiger partial charge in [0.2, 0.25) is 5.91 Å². The molecule has 192 valence electrons. The third-order valence-electron chi connectivity index (χ3n) is 5.09. The Bertz CT molecular complexity index is 998. The van der Waals surface area contributed by atoms with Crippen LogP contribution in [-0.2, 0) is 19.0 Å². The number of ether oxygens (including phenoxy) is 3. The van der Waals surface area contributed by atoms with Crippen molar-refractivity contribution in [3.8, 4) is 11.4 Å². The fourth-order valence-electron chi connectivity index (χ4n) is 3.70. The van der Waals surface area contributed by atoms with Gasteiger partial charge in [0.15, 0.2) is 5.13 Å². The Morgan fingerprint density at radius 3 is 2.57 bits per heavy atom. The first-order valence-electron chi connectivity index (χ1n) is 11.7. The first-order valence-corrected chi connectivity index (χ1v) is 12.5. The molecule has 2 aromatic heterocycles. The summed E-state index contributed by atoms with van der Waals surface area (Å²) in [5.41, 5.74) is 0.707. The van der Waals surface area contributed by atoms with Crippen LogP contribution in [0.2, 0.25) is 0 Å². The number of anilines is 2. The fourth-order valence-corrected chi connectivity index (χ4v) is 4.41. The second-order valence-electron chi connectivity index (χ2n) is 9.55. The van der Waals surface area contributed by atoms with Gasteiger partial charge in [0.1, 0.15) is 23.2 Å². The first kappa shape index (κ1) is 26.8. The number of hydrogen-bond donors (Lipinski definition) is 2. The second kappa shape index (κ2) is 11.8. The standard InChI is InChI=1S/C24H35N5O5S/c1-15-12-29(13-16(2)33-15)20-9-7-8-17(25-20)19-14-35-22(26-19)28-21(30)18(10-11-32-6)27-23(31)34-24(3,4)5/h7-9,14-16,18H,10-13H2,1-6H3,(H,27,31)(H,26,28,30)/t15-,16+,18-/m0/s1. The lowest BCUT2D eigenvalue weighted by Crippen LogP contribution is -2.46. The number of amides is 2. The van der Waals surface area contributed by atoms with Gasteiger partial charge in [-0.15, -0.1) is 11.3 Å². The summed E-state index contributed by atoms with van der Waals surface area (Å²) >= 11 is 1.29. The highest BCUT2D eigenvalue weighted by Crippen LogP contribution is 2.26. The summed E-state index contributed by atoms with van der Waals surface area (Å²) in [6.07, 6.45) is -0.114. The Kier molecular flexibility index (Phi) is 9.03. The van der Waals surface area contributed by atoms with Crippen molar-refractivity contribution in [3.05, 3.63) is 23.6 Å². The van der Waals surface area contributed by atoms with Crippen molar-refractivity contribution in [2.24, 2.45) is 0 Å². The topological polar surface area (TPSA) is 115 Å². The van der Waals surface area contributed by atoms with E-state index in [1.54, 1.807) is 20.8 Å². The maximum atomic E-state index is 12.9. The van der Waals surface area contributed by atoms with Crippen molar-refractivity contribution in [2.45, 2.75) is 64.9 Å². The Balaban J connectivity index is 1.68. The number of morpholine rings is 1. The minimum atomic E-state index is -0.830. The molecule has 0 aliphatic carbocycles. The van der Waals surface area contributed by atoms with Crippen LogP contribution in [-0.4, -0.2) is 72.6 Å². The first-order chi connectivity index (χ1) is 16.5. The number of alkyl carbamates (subject to hydrolysis) is 1. The molecule has 0 spiro atoms. The molecule has 1 saturated heterocycles. The summed E-state index contributed by atoms with van der Waals surface area (Å²) in [5.74, 6) is 0.469. The van der Waals surface area contributed by atoms with Crippen molar-refractivity contribution < 1.29 is 23.8 Å². The van der Waals surface area contributed by atoms with Gasteiger partial charge in [-0.2, -0.15) is 0 Å².